The van der Waals surface area contributed by atoms with Gasteiger partial charge in [0.15, 0.2) is 22.9 Å². The summed E-state index contributed by atoms with van der Waals surface area (Å²) >= 11 is 0. The number of anilines is 3. The Morgan fingerprint density at radius 1 is 0.951 bits per heavy atom. The number of piperazine rings is 2. The van der Waals surface area contributed by atoms with Crippen molar-refractivity contribution in [3.8, 4) is 17.0 Å². The van der Waals surface area contributed by atoms with Crippen LogP contribution < -0.4 is 20.4 Å². The maximum absolute atomic E-state index is 15.3. The van der Waals surface area contributed by atoms with E-state index in [0.717, 1.165) is 49.8 Å². The zero-order valence-corrected chi connectivity index (χ0v) is 33.9. The molecule has 0 unspecified atom stereocenters. The smallest absolute Gasteiger partial charge is 0.415 e. The van der Waals surface area contributed by atoms with Gasteiger partial charge in [-0.25, -0.2) is 9.18 Å². The second-order valence-electron chi connectivity index (χ2n) is 17.3. The molecule has 4 saturated heterocycles. The van der Waals surface area contributed by atoms with Crippen LogP contribution in [-0.4, -0.2) is 147 Å². The van der Waals surface area contributed by atoms with Crippen LogP contribution in [0.1, 0.15) is 55.5 Å². The summed E-state index contributed by atoms with van der Waals surface area (Å²) in [6.07, 6.45) is -2.40. The van der Waals surface area contributed by atoms with Crippen LogP contribution >= 0.6 is 0 Å². The molecule has 324 valence electrons. The van der Waals surface area contributed by atoms with Crippen LogP contribution in [0.4, 0.5) is 39.5 Å². The normalized spacial score (nSPS) is 26.2. The van der Waals surface area contributed by atoms with Gasteiger partial charge in [0, 0.05) is 87.7 Å². The number of hydrogen-bond acceptors (Lipinski definition) is 11. The van der Waals surface area contributed by atoms with E-state index >= 15 is 13.2 Å². The van der Waals surface area contributed by atoms with Crippen molar-refractivity contribution in [2.24, 2.45) is 5.92 Å². The van der Waals surface area contributed by atoms with Gasteiger partial charge in [0.25, 0.3) is 5.91 Å². The van der Waals surface area contributed by atoms with E-state index < -0.39 is 54.4 Å². The number of aromatic hydroxyl groups is 1. The van der Waals surface area contributed by atoms with Gasteiger partial charge >= 0.3 is 12.2 Å². The number of aromatic nitrogens is 2. The molecule has 15 nitrogen and oxygen atoms in total. The monoisotopic (exact) mass is 848 g/mol. The number of fused-ring (bicyclic) bond motifs is 4. The fraction of sp³-hybridized carbons (Fsp3) is 0.524. The van der Waals surface area contributed by atoms with Gasteiger partial charge in [-0.15, -0.1) is 10.2 Å². The summed E-state index contributed by atoms with van der Waals surface area (Å²) < 4.78 is 60.1. The zero-order valence-electron chi connectivity index (χ0n) is 33.9. The molecule has 19 heteroatoms. The Balaban J connectivity index is 0.813. The van der Waals surface area contributed by atoms with Gasteiger partial charge in [-0.05, 0) is 74.9 Å². The number of benzene rings is 2. The van der Waals surface area contributed by atoms with E-state index in [9.17, 15) is 28.7 Å². The first-order chi connectivity index (χ1) is 29.1. The molecule has 6 aliphatic rings. The Kier molecular flexibility index (Phi) is 10.2. The van der Waals surface area contributed by atoms with Gasteiger partial charge in [0.05, 0.1) is 24.5 Å². The molecule has 4 atom stereocenters. The minimum absolute atomic E-state index is 0.00336. The summed E-state index contributed by atoms with van der Waals surface area (Å²) in [4.78, 5) is 62.2. The summed E-state index contributed by atoms with van der Waals surface area (Å²) in [6.45, 7) is 6.53. The number of imide groups is 1. The van der Waals surface area contributed by atoms with E-state index in [1.54, 1.807) is 9.80 Å². The van der Waals surface area contributed by atoms with E-state index in [1.165, 1.54) is 28.0 Å². The molecular formula is C42H48F4N10O5. The number of carbonyl (C=O) groups excluding carboxylic acids is 4. The number of nitrogens with zero attached hydrogens (tertiary/aromatic N) is 8. The molecular weight excluding hydrogens is 801 g/mol. The van der Waals surface area contributed by atoms with Crippen LogP contribution in [-0.2, 0) is 16.1 Å². The highest BCUT2D eigenvalue weighted by Crippen LogP contribution is 2.47. The first-order valence-electron chi connectivity index (χ1n) is 20.9. The second-order valence-corrected chi connectivity index (χ2v) is 17.3. The first kappa shape index (κ1) is 40.7. The molecule has 61 heavy (non-hydrogen) atoms. The number of hydrogen-bond donors (Lipinski definition) is 3. The Morgan fingerprint density at radius 3 is 2.43 bits per heavy atom. The first-order valence-corrected chi connectivity index (χ1v) is 20.9. The number of phenols is 1. The lowest BCUT2D eigenvalue weighted by Crippen LogP contribution is -2.75. The minimum Gasteiger partial charge on any atom is -0.504 e. The number of halogens is 4. The highest BCUT2D eigenvalue weighted by Gasteiger charge is 2.63. The summed E-state index contributed by atoms with van der Waals surface area (Å²) in [7, 11) is 0. The van der Waals surface area contributed by atoms with E-state index in [4.69, 9.17) is 0 Å². The Labute approximate surface area is 349 Å². The van der Waals surface area contributed by atoms with Crippen LogP contribution in [0, 0.1) is 11.7 Å². The number of rotatable bonds is 5. The quantitative estimate of drug-likeness (QED) is 0.252. The number of alkyl halides is 3. The second kappa shape index (κ2) is 15.3. The fourth-order valence-electron chi connectivity index (χ4n) is 10.3. The fourth-order valence-corrected chi connectivity index (χ4v) is 10.3. The average Bonchev–Trinajstić information content (AvgIpc) is 3.55. The molecule has 0 saturated carbocycles. The van der Waals surface area contributed by atoms with Crippen LogP contribution in [0.5, 0.6) is 5.75 Å². The van der Waals surface area contributed by atoms with Gasteiger partial charge in [0.2, 0.25) is 11.8 Å². The lowest BCUT2D eigenvalue weighted by molar-refractivity contribution is -0.191. The van der Waals surface area contributed by atoms with E-state index in [2.05, 4.69) is 30.6 Å². The number of para-hydroxylation sites is 1. The number of amides is 5. The van der Waals surface area contributed by atoms with E-state index in [1.807, 2.05) is 32.0 Å². The van der Waals surface area contributed by atoms with Gasteiger partial charge in [0.1, 0.15) is 6.04 Å². The average molecular weight is 849 g/mol. The lowest BCUT2D eigenvalue weighted by atomic mass is 9.89. The van der Waals surface area contributed by atoms with Gasteiger partial charge < -0.3 is 34.9 Å². The number of carbonyl (C=O) groups is 4. The molecule has 3 N–H and O–H groups in total. The summed E-state index contributed by atoms with van der Waals surface area (Å²) in [5.41, 5.74) is 0.0366. The van der Waals surface area contributed by atoms with Crippen LogP contribution in [0.25, 0.3) is 11.3 Å². The highest BCUT2D eigenvalue weighted by atomic mass is 19.4. The molecule has 3 aromatic rings. The van der Waals surface area contributed by atoms with Gasteiger partial charge in [-0.1, -0.05) is 12.1 Å². The third kappa shape index (κ3) is 7.13. The van der Waals surface area contributed by atoms with Crippen LogP contribution in [0.15, 0.2) is 42.5 Å². The van der Waals surface area contributed by atoms with E-state index in [-0.39, 0.29) is 66.2 Å². The molecule has 0 spiro atoms. The lowest BCUT2D eigenvalue weighted by Gasteiger charge is -2.55. The number of piperidine rings is 2. The Bertz CT molecular complexity index is 2260. The topological polar surface area (TPSA) is 158 Å². The van der Waals surface area contributed by atoms with Gasteiger partial charge in [-0.2, -0.15) is 13.2 Å². The van der Waals surface area contributed by atoms with Crippen LogP contribution in [0.2, 0.25) is 0 Å². The number of phenolic OH excluding ortho intramolecular Hbond substituents is 1. The summed E-state index contributed by atoms with van der Waals surface area (Å²) in [5, 5.41) is 23.6. The Hall–Kier alpha value is -5.72. The van der Waals surface area contributed by atoms with E-state index in [0.29, 0.717) is 37.5 Å². The molecule has 0 bridgehead atoms. The molecule has 0 radical (unpaired) electrons. The number of nitrogens with one attached hydrogen (secondary N) is 2. The zero-order chi connectivity index (χ0) is 43.0. The van der Waals surface area contributed by atoms with Crippen LogP contribution in [0.3, 0.4) is 0 Å². The van der Waals surface area contributed by atoms with Crippen molar-refractivity contribution in [3.05, 3.63) is 59.4 Å². The standard InChI is InChI=1S/C42H48F4N10O5/c1-24-18-51(20-26-10-12-52(13-11-26)28-7-6-27-21-54(39(60)30(27)16-28)33-8-9-35(57)48-38(33)59)19-25(2)56(24)40(61)53-14-15-55-34-17-32(29-4-3-5-31(43)36(29)58)49-50-37(34)47-22-41(55,23-53)42(44,45)46/h3-7,16-17,24-26,33,58H,8-15,18-23H2,1-2H3,(H,47,50)(H,48,57,59)/t24-,25-,33+,41-/m1/s1. The SMILES string of the molecule is C[C@@H]1CN(CC2CCN(c3ccc4c(c3)C(=O)N([C@H]3CCC(=O)NC3=O)C4)CC2)C[C@@H](C)N1C(=O)N1CCN2c3cc(-c4cccc(F)c4O)nnc3NC[C@]2(C(F)(F)F)C1. The van der Waals surface area contributed by atoms with Crippen molar-refractivity contribution >= 4 is 40.9 Å². The maximum atomic E-state index is 15.3. The Morgan fingerprint density at radius 2 is 1.70 bits per heavy atom. The molecule has 7 heterocycles. The molecule has 9 rings (SSSR count). The molecule has 1 aromatic heterocycles. The largest absolute Gasteiger partial charge is 0.504 e. The minimum atomic E-state index is -4.76. The third-order valence-electron chi connectivity index (χ3n) is 13.5. The predicted octanol–water partition coefficient (Wildman–Crippen LogP) is 4.03. The van der Waals surface area contributed by atoms with Gasteiger partial charge in [-0.3, -0.25) is 24.6 Å². The van der Waals surface area contributed by atoms with Crippen molar-refractivity contribution in [2.75, 3.05) is 74.0 Å². The maximum Gasteiger partial charge on any atom is 0.415 e. The summed E-state index contributed by atoms with van der Waals surface area (Å²) in [6, 6.07) is 9.49. The number of urea groups is 1. The van der Waals surface area contributed by atoms with Crippen molar-refractivity contribution in [3.63, 3.8) is 0 Å². The predicted molar refractivity (Wildman–Crippen MR) is 215 cm³/mol. The molecule has 6 aliphatic heterocycles. The molecule has 2 aromatic carbocycles. The van der Waals surface area contributed by atoms with Crippen molar-refractivity contribution in [2.45, 2.75) is 75.9 Å². The van der Waals surface area contributed by atoms with Crippen molar-refractivity contribution < 1.29 is 41.8 Å². The molecule has 5 amide bonds. The molecule has 0 aliphatic carbocycles. The summed E-state index contributed by atoms with van der Waals surface area (Å²) in [5.74, 6) is -2.00. The third-order valence-corrected chi connectivity index (χ3v) is 13.5. The van der Waals surface area contributed by atoms with Crippen molar-refractivity contribution in [1.82, 2.24) is 35.1 Å². The van der Waals surface area contributed by atoms with Crippen molar-refractivity contribution in [1.29, 1.82) is 0 Å². The highest BCUT2D eigenvalue weighted by molar-refractivity contribution is 6.05. The molecule has 4 fully saturated rings.